The fourth-order valence-electron chi connectivity index (χ4n) is 1.14. The molecule has 1 N–H and O–H groups in total. The number of rotatable bonds is 3. The minimum atomic E-state index is 0.0240. The quantitative estimate of drug-likeness (QED) is 0.581. The lowest BCUT2D eigenvalue weighted by Gasteiger charge is -2.09. The van der Waals surface area contributed by atoms with E-state index in [2.05, 4.69) is 41.8 Å². The van der Waals surface area contributed by atoms with Gasteiger partial charge in [0.1, 0.15) is 0 Å². The molecule has 0 saturated heterocycles. The lowest BCUT2D eigenvalue weighted by atomic mass is 10.1. The largest absolute Gasteiger partial charge is 0.303 e. The van der Waals surface area contributed by atoms with Gasteiger partial charge < -0.3 is 5.32 Å². The molecule has 1 nitrogen and oxygen atoms in total. The van der Waals surface area contributed by atoms with Gasteiger partial charge in [0, 0.05) is 4.90 Å². The van der Waals surface area contributed by atoms with E-state index in [4.69, 9.17) is 6.42 Å². The Kier molecular flexibility index (Phi) is 3.88. The maximum Gasteiger partial charge on any atom is 0.0940 e. The summed E-state index contributed by atoms with van der Waals surface area (Å²) in [6.07, 6.45) is 7.43. The molecule has 0 spiro atoms. The Balaban J connectivity index is 2.86. The second-order valence-electron chi connectivity index (χ2n) is 2.66. The average Bonchev–Trinajstić information content (AvgIpc) is 2.21. The van der Waals surface area contributed by atoms with Crippen LogP contribution in [0.25, 0.3) is 0 Å². The smallest absolute Gasteiger partial charge is 0.0940 e. The third kappa shape index (κ3) is 2.51. The van der Waals surface area contributed by atoms with E-state index in [9.17, 15) is 0 Å². The minimum absolute atomic E-state index is 0.0240. The molecule has 0 bridgehead atoms. The Morgan fingerprint density at radius 3 is 2.38 bits per heavy atom. The number of hydrogen-bond acceptors (Lipinski definition) is 2. The Labute approximate surface area is 83.9 Å². The van der Waals surface area contributed by atoms with Crippen molar-refractivity contribution in [1.29, 1.82) is 0 Å². The zero-order valence-electron chi connectivity index (χ0n) is 7.87. The lowest BCUT2D eigenvalue weighted by molar-refractivity contribution is 0.736. The highest BCUT2D eigenvalue weighted by Gasteiger charge is 2.03. The Morgan fingerprint density at radius 2 is 2.00 bits per heavy atom. The molecule has 0 amide bonds. The fraction of sp³-hybridized carbons (Fsp3) is 0.273. The van der Waals surface area contributed by atoms with E-state index in [0.29, 0.717) is 0 Å². The predicted octanol–water partition coefficient (Wildman–Crippen LogP) is 2.30. The Bertz CT molecular complexity index is 297. The lowest BCUT2D eigenvalue weighted by Crippen LogP contribution is -2.13. The molecular formula is C11H13NS. The van der Waals surface area contributed by atoms with E-state index in [1.54, 1.807) is 11.8 Å². The van der Waals surface area contributed by atoms with Crippen LogP contribution in [0.2, 0.25) is 0 Å². The van der Waals surface area contributed by atoms with Crippen molar-refractivity contribution >= 4 is 11.8 Å². The van der Waals surface area contributed by atoms with Gasteiger partial charge in [-0.15, -0.1) is 18.2 Å². The van der Waals surface area contributed by atoms with Crippen LogP contribution in [0, 0.1) is 12.3 Å². The van der Waals surface area contributed by atoms with Gasteiger partial charge in [-0.1, -0.05) is 18.1 Å². The van der Waals surface area contributed by atoms with Gasteiger partial charge in [0.25, 0.3) is 0 Å². The topological polar surface area (TPSA) is 12.0 Å². The van der Waals surface area contributed by atoms with Crippen LogP contribution in [0.15, 0.2) is 29.2 Å². The van der Waals surface area contributed by atoms with Gasteiger partial charge >= 0.3 is 0 Å². The summed E-state index contributed by atoms with van der Waals surface area (Å²) in [4.78, 5) is 1.26. The SMILES string of the molecule is C#CC(NC)c1ccc(SC)cc1. The summed E-state index contributed by atoms with van der Waals surface area (Å²) in [5.41, 5.74) is 1.14. The number of thioether (sulfide) groups is 1. The van der Waals surface area contributed by atoms with Crippen LogP contribution in [0.5, 0.6) is 0 Å². The molecule has 1 aromatic rings. The maximum atomic E-state index is 5.37. The molecule has 0 fully saturated rings. The highest BCUT2D eigenvalue weighted by Crippen LogP contribution is 2.18. The molecule has 68 valence electrons. The van der Waals surface area contributed by atoms with Gasteiger partial charge in [0.05, 0.1) is 6.04 Å². The molecule has 0 radical (unpaired) electrons. The van der Waals surface area contributed by atoms with Crippen LogP contribution >= 0.6 is 11.8 Å². The van der Waals surface area contributed by atoms with E-state index in [1.165, 1.54) is 4.90 Å². The number of nitrogens with one attached hydrogen (secondary N) is 1. The fourth-order valence-corrected chi connectivity index (χ4v) is 1.55. The first-order valence-electron chi connectivity index (χ1n) is 4.09. The van der Waals surface area contributed by atoms with Gasteiger partial charge in [-0.3, -0.25) is 0 Å². The highest BCUT2D eigenvalue weighted by molar-refractivity contribution is 7.98. The Morgan fingerprint density at radius 1 is 1.38 bits per heavy atom. The first-order chi connectivity index (χ1) is 6.31. The van der Waals surface area contributed by atoms with Crippen molar-refractivity contribution in [3.63, 3.8) is 0 Å². The summed E-state index contributed by atoms with van der Waals surface area (Å²) < 4.78 is 0. The highest BCUT2D eigenvalue weighted by atomic mass is 32.2. The number of terminal acetylenes is 1. The van der Waals surface area contributed by atoms with Crippen molar-refractivity contribution in [3.8, 4) is 12.3 Å². The minimum Gasteiger partial charge on any atom is -0.303 e. The van der Waals surface area contributed by atoms with Gasteiger partial charge in [0.15, 0.2) is 0 Å². The molecule has 1 atom stereocenters. The van der Waals surface area contributed by atoms with Crippen LogP contribution in [0.3, 0.4) is 0 Å². The van der Waals surface area contributed by atoms with E-state index in [1.807, 2.05) is 7.05 Å². The molecule has 1 rings (SSSR count). The molecule has 13 heavy (non-hydrogen) atoms. The summed E-state index contributed by atoms with van der Waals surface area (Å²) >= 11 is 1.73. The van der Waals surface area contributed by atoms with Crippen LogP contribution in [-0.4, -0.2) is 13.3 Å². The monoisotopic (exact) mass is 191 g/mol. The Hall–Kier alpha value is -0.910. The van der Waals surface area contributed by atoms with E-state index >= 15 is 0 Å². The van der Waals surface area contributed by atoms with Crippen LogP contribution in [0.1, 0.15) is 11.6 Å². The van der Waals surface area contributed by atoms with Crippen molar-refractivity contribution in [2.75, 3.05) is 13.3 Å². The third-order valence-corrected chi connectivity index (χ3v) is 2.65. The van der Waals surface area contributed by atoms with Crippen molar-refractivity contribution in [1.82, 2.24) is 5.32 Å². The predicted molar refractivity (Wildman–Crippen MR) is 58.9 cm³/mol. The summed E-state index contributed by atoms with van der Waals surface area (Å²) in [6, 6.07) is 8.32. The van der Waals surface area contributed by atoms with E-state index in [-0.39, 0.29) is 6.04 Å². The molecule has 0 aliphatic carbocycles. The second-order valence-corrected chi connectivity index (χ2v) is 3.54. The average molecular weight is 191 g/mol. The molecule has 0 saturated carbocycles. The summed E-state index contributed by atoms with van der Waals surface area (Å²) in [5, 5.41) is 3.06. The molecule has 0 aliphatic rings. The van der Waals surface area contributed by atoms with E-state index < -0.39 is 0 Å². The van der Waals surface area contributed by atoms with Crippen LogP contribution < -0.4 is 5.32 Å². The van der Waals surface area contributed by atoms with Crippen LogP contribution in [-0.2, 0) is 0 Å². The molecule has 0 aliphatic heterocycles. The van der Waals surface area contributed by atoms with Crippen molar-refractivity contribution in [3.05, 3.63) is 29.8 Å². The molecule has 1 unspecified atom stereocenters. The first kappa shape index (κ1) is 10.2. The number of hydrogen-bond donors (Lipinski definition) is 1. The molecule has 1 aromatic carbocycles. The molecular weight excluding hydrogens is 178 g/mol. The molecule has 0 heterocycles. The molecule has 0 aromatic heterocycles. The van der Waals surface area contributed by atoms with Crippen LogP contribution in [0.4, 0.5) is 0 Å². The summed E-state index contributed by atoms with van der Waals surface area (Å²) in [6.45, 7) is 0. The third-order valence-electron chi connectivity index (χ3n) is 1.90. The summed E-state index contributed by atoms with van der Waals surface area (Å²) in [5.74, 6) is 2.69. The second kappa shape index (κ2) is 4.96. The van der Waals surface area contributed by atoms with Crippen molar-refractivity contribution < 1.29 is 0 Å². The zero-order chi connectivity index (χ0) is 9.68. The van der Waals surface area contributed by atoms with Gasteiger partial charge in [0.2, 0.25) is 0 Å². The molecule has 2 heteroatoms. The normalized spacial score (nSPS) is 12.1. The maximum absolute atomic E-state index is 5.37. The zero-order valence-corrected chi connectivity index (χ0v) is 8.69. The number of benzene rings is 1. The van der Waals surface area contributed by atoms with Gasteiger partial charge in [-0.05, 0) is 31.0 Å². The van der Waals surface area contributed by atoms with Gasteiger partial charge in [-0.2, -0.15) is 0 Å². The first-order valence-corrected chi connectivity index (χ1v) is 5.31. The van der Waals surface area contributed by atoms with Crippen molar-refractivity contribution in [2.45, 2.75) is 10.9 Å². The van der Waals surface area contributed by atoms with Crippen molar-refractivity contribution in [2.24, 2.45) is 0 Å². The van der Waals surface area contributed by atoms with E-state index in [0.717, 1.165) is 5.56 Å². The standard InChI is InChI=1S/C11H13NS/c1-4-11(12-2)9-5-7-10(13-3)8-6-9/h1,5-8,11-12H,2-3H3. The summed E-state index contributed by atoms with van der Waals surface area (Å²) in [7, 11) is 1.87. The van der Waals surface area contributed by atoms with Gasteiger partial charge in [-0.25, -0.2) is 0 Å².